The molecule has 8 heavy (non-hydrogen) atoms. The van der Waals surface area contributed by atoms with Crippen molar-refractivity contribution in [2.75, 3.05) is 0 Å². The lowest BCUT2D eigenvalue weighted by atomic mass is 10.4. The Balaban J connectivity index is 2.83. The fourth-order valence-corrected chi connectivity index (χ4v) is 0.631. The summed E-state index contributed by atoms with van der Waals surface area (Å²) in [6.45, 7) is 0. The molecule has 2 heteroatoms. The Morgan fingerprint density at radius 2 is 2.62 bits per heavy atom. The molecule has 1 aromatic rings. The number of aromatic nitrogens is 1. The molecular formula is C6H6NS. The van der Waals surface area contributed by atoms with Gasteiger partial charge < -0.3 is 0 Å². The molecule has 0 unspecified atom stereocenters. The lowest BCUT2D eigenvalue weighted by molar-refractivity contribution is 1.18. The first kappa shape index (κ1) is 5.63. The molecule has 0 aliphatic heterocycles. The van der Waals surface area contributed by atoms with E-state index in [0.717, 1.165) is 5.69 Å². The van der Waals surface area contributed by atoms with Crippen molar-refractivity contribution in [3.05, 3.63) is 30.1 Å². The van der Waals surface area contributed by atoms with Crippen LogP contribution in [-0.4, -0.2) is 4.98 Å². The summed E-state index contributed by atoms with van der Waals surface area (Å²) in [4.78, 5) is 3.97. The standard InChI is InChI=1S/C6H6NS/c8-5-6-3-1-2-4-7-6/h1,3-4,8H,5H2. The van der Waals surface area contributed by atoms with Gasteiger partial charge in [0.15, 0.2) is 0 Å². The fraction of sp³-hybridized carbons (Fsp3) is 0.167. The van der Waals surface area contributed by atoms with E-state index < -0.39 is 0 Å². The average Bonchev–Trinajstić information content (AvgIpc) is 1.90. The van der Waals surface area contributed by atoms with E-state index in [9.17, 15) is 0 Å². The molecule has 0 bridgehead atoms. The van der Waals surface area contributed by atoms with Gasteiger partial charge in [-0.2, -0.15) is 12.6 Å². The third-order valence-electron chi connectivity index (χ3n) is 0.839. The van der Waals surface area contributed by atoms with Crippen molar-refractivity contribution in [1.82, 2.24) is 4.98 Å². The lowest BCUT2D eigenvalue weighted by Crippen LogP contribution is -1.79. The molecule has 0 aliphatic rings. The maximum Gasteiger partial charge on any atom is 0.0500 e. The zero-order chi connectivity index (χ0) is 5.82. The maximum atomic E-state index is 4.03. The van der Waals surface area contributed by atoms with Crippen LogP contribution in [0.1, 0.15) is 5.69 Å². The molecule has 0 saturated carbocycles. The molecule has 0 spiro atoms. The van der Waals surface area contributed by atoms with E-state index in [-0.39, 0.29) is 0 Å². The Kier molecular flexibility index (Phi) is 1.92. The van der Waals surface area contributed by atoms with Crippen molar-refractivity contribution in [2.45, 2.75) is 5.75 Å². The van der Waals surface area contributed by atoms with Crippen LogP contribution in [0.25, 0.3) is 0 Å². The second-order valence-corrected chi connectivity index (χ2v) is 1.72. The fourth-order valence-electron chi connectivity index (χ4n) is 0.444. The van der Waals surface area contributed by atoms with Crippen molar-refractivity contribution in [1.29, 1.82) is 0 Å². The van der Waals surface area contributed by atoms with Crippen LogP contribution in [0.15, 0.2) is 18.3 Å². The van der Waals surface area contributed by atoms with Gasteiger partial charge in [0.2, 0.25) is 0 Å². The van der Waals surface area contributed by atoms with Crippen molar-refractivity contribution in [3.8, 4) is 0 Å². The Morgan fingerprint density at radius 3 is 3.00 bits per heavy atom. The maximum absolute atomic E-state index is 4.03. The van der Waals surface area contributed by atoms with Gasteiger partial charge in [0.1, 0.15) is 0 Å². The van der Waals surface area contributed by atoms with Crippen molar-refractivity contribution in [3.63, 3.8) is 0 Å². The molecule has 0 fully saturated rings. The SMILES string of the molecule is SCc1cc[c]cn1. The monoisotopic (exact) mass is 124 g/mol. The molecule has 0 aromatic carbocycles. The van der Waals surface area contributed by atoms with Gasteiger partial charge in [0.05, 0.1) is 0 Å². The summed E-state index contributed by atoms with van der Waals surface area (Å²) in [5, 5.41) is 0. The highest BCUT2D eigenvalue weighted by molar-refractivity contribution is 7.79. The minimum Gasteiger partial charge on any atom is -0.260 e. The number of pyridine rings is 1. The van der Waals surface area contributed by atoms with Crippen LogP contribution in [0.4, 0.5) is 0 Å². The highest BCUT2D eigenvalue weighted by Crippen LogP contribution is 1.94. The van der Waals surface area contributed by atoms with Crippen LogP contribution in [-0.2, 0) is 5.75 Å². The second kappa shape index (κ2) is 2.72. The van der Waals surface area contributed by atoms with Crippen LogP contribution in [0.3, 0.4) is 0 Å². The predicted molar refractivity (Wildman–Crippen MR) is 35.8 cm³/mol. The highest BCUT2D eigenvalue weighted by atomic mass is 32.1. The average molecular weight is 124 g/mol. The molecule has 1 nitrogen and oxygen atoms in total. The summed E-state index contributed by atoms with van der Waals surface area (Å²) in [6.07, 6.45) is 1.64. The third-order valence-corrected chi connectivity index (χ3v) is 1.16. The topological polar surface area (TPSA) is 12.9 Å². The minimum absolute atomic E-state index is 0.703. The third kappa shape index (κ3) is 1.23. The van der Waals surface area contributed by atoms with E-state index in [0.29, 0.717) is 5.75 Å². The minimum atomic E-state index is 0.703. The molecule has 1 radical (unpaired) electrons. The number of thiol groups is 1. The summed E-state index contributed by atoms with van der Waals surface area (Å²) in [7, 11) is 0. The van der Waals surface area contributed by atoms with Crippen LogP contribution < -0.4 is 0 Å². The Morgan fingerprint density at radius 1 is 1.75 bits per heavy atom. The first-order valence-corrected chi connectivity index (χ1v) is 2.98. The van der Waals surface area contributed by atoms with E-state index in [1.54, 1.807) is 6.20 Å². The zero-order valence-electron chi connectivity index (χ0n) is 4.33. The van der Waals surface area contributed by atoms with Crippen molar-refractivity contribution >= 4 is 12.6 Å². The van der Waals surface area contributed by atoms with Crippen molar-refractivity contribution < 1.29 is 0 Å². The van der Waals surface area contributed by atoms with E-state index >= 15 is 0 Å². The smallest absolute Gasteiger partial charge is 0.0500 e. The van der Waals surface area contributed by atoms with Crippen LogP contribution >= 0.6 is 12.6 Å². The summed E-state index contributed by atoms with van der Waals surface area (Å²) >= 11 is 4.03. The summed E-state index contributed by atoms with van der Waals surface area (Å²) in [5.74, 6) is 0.703. The lowest BCUT2D eigenvalue weighted by Gasteiger charge is -1.87. The van der Waals surface area contributed by atoms with E-state index in [4.69, 9.17) is 0 Å². The van der Waals surface area contributed by atoms with Crippen LogP contribution in [0.2, 0.25) is 0 Å². The summed E-state index contributed by atoms with van der Waals surface area (Å²) in [6, 6.07) is 6.55. The van der Waals surface area contributed by atoms with Crippen LogP contribution in [0, 0.1) is 6.07 Å². The molecule has 0 saturated heterocycles. The zero-order valence-corrected chi connectivity index (χ0v) is 5.23. The number of nitrogens with zero attached hydrogens (tertiary/aromatic N) is 1. The first-order valence-electron chi connectivity index (χ1n) is 2.35. The summed E-state index contributed by atoms with van der Waals surface area (Å²) < 4.78 is 0. The Hall–Kier alpha value is -0.500. The quantitative estimate of drug-likeness (QED) is 0.557. The van der Waals surface area contributed by atoms with E-state index in [2.05, 4.69) is 23.7 Å². The molecule has 1 aromatic heterocycles. The van der Waals surface area contributed by atoms with Gasteiger partial charge in [-0.15, -0.1) is 0 Å². The predicted octanol–water partition coefficient (Wildman–Crippen LogP) is 1.31. The molecule has 0 amide bonds. The molecular weight excluding hydrogens is 118 g/mol. The van der Waals surface area contributed by atoms with E-state index in [1.165, 1.54) is 0 Å². The normalized spacial score (nSPS) is 9.12. The Bertz CT molecular complexity index is 150. The Labute approximate surface area is 54.2 Å². The van der Waals surface area contributed by atoms with Crippen LogP contribution in [0.5, 0.6) is 0 Å². The summed E-state index contributed by atoms with van der Waals surface area (Å²) in [5.41, 5.74) is 0.993. The van der Waals surface area contributed by atoms with Gasteiger partial charge in [-0.25, -0.2) is 0 Å². The molecule has 0 aliphatic carbocycles. The number of hydrogen-bond acceptors (Lipinski definition) is 2. The largest absolute Gasteiger partial charge is 0.260 e. The highest BCUT2D eigenvalue weighted by Gasteiger charge is 1.82. The van der Waals surface area contributed by atoms with E-state index in [1.807, 2.05) is 12.1 Å². The molecule has 0 N–H and O–H groups in total. The first-order chi connectivity index (χ1) is 3.93. The van der Waals surface area contributed by atoms with Gasteiger partial charge in [-0.3, -0.25) is 4.98 Å². The van der Waals surface area contributed by atoms with Crippen molar-refractivity contribution in [2.24, 2.45) is 0 Å². The molecule has 1 heterocycles. The van der Waals surface area contributed by atoms with Gasteiger partial charge in [0, 0.05) is 23.7 Å². The number of hydrogen-bond donors (Lipinski definition) is 1. The molecule has 41 valence electrons. The van der Waals surface area contributed by atoms with Gasteiger partial charge >= 0.3 is 0 Å². The molecule has 1 rings (SSSR count). The van der Waals surface area contributed by atoms with Gasteiger partial charge in [-0.1, -0.05) is 6.07 Å². The second-order valence-electron chi connectivity index (χ2n) is 1.41. The molecule has 0 atom stereocenters. The number of rotatable bonds is 1. The van der Waals surface area contributed by atoms with Gasteiger partial charge in [-0.05, 0) is 6.07 Å². The van der Waals surface area contributed by atoms with Gasteiger partial charge in [0.25, 0.3) is 0 Å².